The Labute approximate surface area is 99.7 Å². The van der Waals surface area contributed by atoms with Gasteiger partial charge in [-0.1, -0.05) is 12.1 Å². The molecule has 2 N–H and O–H groups in total. The minimum absolute atomic E-state index is 0.195. The normalized spacial score (nSPS) is 24.9. The fourth-order valence-corrected chi connectivity index (χ4v) is 2.22. The van der Waals surface area contributed by atoms with Crippen molar-refractivity contribution in [2.45, 2.75) is 44.4 Å². The van der Waals surface area contributed by atoms with Crippen molar-refractivity contribution in [1.82, 2.24) is 5.32 Å². The van der Waals surface area contributed by atoms with E-state index in [1.54, 1.807) is 6.07 Å². The summed E-state index contributed by atoms with van der Waals surface area (Å²) in [5.74, 6) is -1.57. The Morgan fingerprint density at radius 3 is 2.59 bits per heavy atom. The van der Waals surface area contributed by atoms with Gasteiger partial charge in [0.2, 0.25) is 0 Å². The second-order valence-electron chi connectivity index (χ2n) is 4.60. The Bertz CT molecular complexity index is 376. The molecule has 1 aliphatic carbocycles. The van der Waals surface area contributed by atoms with Gasteiger partial charge in [-0.25, -0.2) is 8.78 Å². The van der Waals surface area contributed by atoms with Crippen LogP contribution in [0.5, 0.6) is 0 Å². The molecule has 1 fully saturated rings. The first kappa shape index (κ1) is 12.5. The number of benzene rings is 1. The molecule has 1 aromatic carbocycles. The largest absolute Gasteiger partial charge is 0.393 e. The summed E-state index contributed by atoms with van der Waals surface area (Å²) in [6, 6.07) is 4.51. The van der Waals surface area contributed by atoms with Gasteiger partial charge in [0.25, 0.3) is 0 Å². The number of hydrogen-bond acceptors (Lipinski definition) is 2. The third-order valence-corrected chi connectivity index (χ3v) is 3.31. The predicted octanol–water partition coefficient (Wildman–Crippen LogP) is 2.36. The van der Waals surface area contributed by atoms with Gasteiger partial charge >= 0.3 is 0 Å². The van der Waals surface area contributed by atoms with E-state index in [2.05, 4.69) is 5.32 Å². The van der Waals surface area contributed by atoms with Gasteiger partial charge in [-0.2, -0.15) is 0 Å². The van der Waals surface area contributed by atoms with E-state index in [9.17, 15) is 13.9 Å². The van der Waals surface area contributed by atoms with Crippen molar-refractivity contribution in [2.24, 2.45) is 0 Å². The highest BCUT2D eigenvalue weighted by Gasteiger charge is 2.19. The summed E-state index contributed by atoms with van der Waals surface area (Å²) in [5.41, 5.74) is 0.358. The van der Waals surface area contributed by atoms with E-state index in [-0.39, 0.29) is 6.10 Å². The molecule has 1 saturated carbocycles. The van der Waals surface area contributed by atoms with Crippen LogP contribution in [-0.4, -0.2) is 17.3 Å². The summed E-state index contributed by atoms with van der Waals surface area (Å²) in [6.07, 6.45) is 3.14. The molecule has 0 unspecified atom stereocenters. The van der Waals surface area contributed by atoms with E-state index < -0.39 is 11.6 Å². The van der Waals surface area contributed by atoms with Crippen molar-refractivity contribution in [1.29, 1.82) is 0 Å². The molecular weight excluding hydrogens is 224 g/mol. The summed E-state index contributed by atoms with van der Waals surface area (Å²) in [4.78, 5) is 0. The molecular formula is C13H17F2NO. The zero-order chi connectivity index (χ0) is 12.3. The second-order valence-corrected chi connectivity index (χ2v) is 4.60. The van der Waals surface area contributed by atoms with Gasteiger partial charge in [0, 0.05) is 18.2 Å². The molecule has 0 heterocycles. The fraction of sp³-hybridized carbons (Fsp3) is 0.538. The van der Waals surface area contributed by atoms with Crippen LogP contribution < -0.4 is 5.32 Å². The lowest BCUT2D eigenvalue weighted by Gasteiger charge is -2.26. The molecule has 0 spiro atoms. The lowest BCUT2D eigenvalue weighted by molar-refractivity contribution is 0.116. The molecule has 0 radical (unpaired) electrons. The maximum atomic E-state index is 13.4. The molecule has 0 saturated heterocycles. The topological polar surface area (TPSA) is 32.3 Å². The Balaban J connectivity index is 1.87. The summed E-state index contributed by atoms with van der Waals surface area (Å²) in [7, 11) is 0. The van der Waals surface area contributed by atoms with E-state index in [0.717, 1.165) is 31.7 Å². The molecule has 1 aliphatic rings. The molecule has 0 amide bonds. The quantitative estimate of drug-likeness (QED) is 0.851. The summed E-state index contributed by atoms with van der Waals surface area (Å²) < 4.78 is 26.3. The number of nitrogens with one attached hydrogen (secondary N) is 1. The monoisotopic (exact) mass is 241 g/mol. The maximum Gasteiger partial charge on any atom is 0.163 e. The maximum absolute atomic E-state index is 13.4. The van der Waals surface area contributed by atoms with Crippen LogP contribution in [0, 0.1) is 11.6 Å². The zero-order valence-electron chi connectivity index (χ0n) is 9.63. The Kier molecular flexibility index (Phi) is 4.07. The van der Waals surface area contributed by atoms with Crippen molar-refractivity contribution in [3.63, 3.8) is 0 Å². The summed E-state index contributed by atoms with van der Waals surface area (Å²) in [5, 5.41) is 12.6. The van der Waals surface area contributed by atoms with Crippen molar-refractivity contribution in [3.05, 3.63) is 35.4 Å². The predicted molar refractivity (Wildman–Crippen MR) is 61.5 cm³/mol. The van der Waals surface area contributed by atoms with E-state index >= 15 is 0 Å². The standard InChI is InChI=1S/C13H17F2NO/c14-12-3-1-2-9(13(12)15)8-16-10-4-6-11(17)7-5-10/h1-3,10-11,16-17H,4-8H2. The van der Waals surface area contributed by atoms with Gasteiger partial charge < -0.3 is 10.4 Å². The molecule has 94 valence electrons. The Morgan fingerprint density at radius 2 is 1.88 bits per heavy atom. The van der Waals surface area contributed by atoms with Gasteiger partial charge in [-0.3, -0.25) is 0 Å². The molecule has 17 heavy (non-hydrogen) atoms. The van der Waals surface area contributed by atoms with Gasteiger partial charge in [0.15, 0.2) is 11.6 Å². The van der Waals surface area contributed by atoms with Gasteiger partial charge in [0.1, 0.15) is 0 Å². The first-order valence-corrected chi connectivity index (χ1v) is 6.01. The molecule has 1 aromatic rings. The molecule has 4 heteroatoms. The van der Waals surface area contributed by atoms with Crippen molar-refractivity contribution < 1.29 is 13.9 Å². The van der Waals surface area contributed by atoms with Crippen LogP contribution in [-0.2, 0) is 6.54 Å². The van der Waals surface area contributed by atoms with Crippen LogP contribution in [0.1, 0.15) is 31.2 Å². The van der Waals surface area contributed by atoms with Crippen LogP contribution in [0.25, 0.3) is 0 Å². The van der Waals surface area contributed by atoms with Crippen LogP contribution in [0.15, 0.2) is 18.2 Å². The van der Waals surface area contributed by atoms with Gasteiger partial charge in [-0.05, 0) is 31.7 Å². The fourth-order valence-electron chi connectivity index (χ4n) is 2.22. The zero-order valence-corrected chi connectivity index (χ0v) is 9.63. The molecule has 0 aromatic heterocycles. The first-order chi connectivity index (χ1) is 8.16. The van der Waals surface area contributed by atoms with E-state index in [4.69, 9.17) is 0 Å². The smallest absolute Gasteiger partial charge is 0.163 e. The number of aliphatic hydroxyl groups excluding tert-OH is 1. The minimum atomic E-state index is -0.802. The number of hydrogen-bond donors (Lipinski definition) is 2. The summed E-state index contributed by atoms with van der Waals surface area (Å²) >= 11 is 0. The lowest BCUT2D eigenvalue weighted by atomic mass is 9.93. The molecule has 0 atom stereocenters. The van der Waals surface area contributed by atoms with Gasteiger partial charge in [-0.15, -0.1) is 0 Å². The Hall–Kier alpha value is -1.00. The van der Waals surface area contributed by atoms with Crippen LogP contribution in [0.2, 0.25) is 0 Å². The Morgan fingerprint density at radius 1 is 1.18 bits per heavy atom. The van der Waals surface area contributed by atoms with E-state index in [1.165, 1.54) is 6.07 Å². The number of halogens is 2. The SMILES string of the molecule is OC1CCC(NCc2cccc(F)c2F)CC1. The first-order valence-electron chi connectivity index (χ1n) is 6.01. The molecule has 0 bridgehead atoms. The highest BCUT2D eigenvalue weighted by atomic mass is 19.2. The third-order valence-electron chi connectivity index (χ3n) is 3.31. The summed E-state index contributed by atoms with van der Waals surface area (Å²) in [6.45, 7) is 0.338. The molecule has 0 aliphatic heterocycles. The van der Waals surface area contributed by atoms with E-state index in [1.807, 2.05) is 0 Å². The van der Waals surface area contributed by atoms with Crippen molar-refractivity contribution >= 4 is 0 Å². The molecule has 2 nitrogen and oxygen atoms in total. The average Bonchev–Trinajstić information content (AvgIpc) is 2.33. The number of rotatable bonds is 3. The van der Waals surface area contributed by atoms with Crippen LogP contribution >= 0.6 is 0 Å². The van der Waals surface area contributed by atoms with Gasteiger partial charge in [0.05, 0.1) is 6.10 Å². The van der Waals surface area contributed by atoms with Crippen LogP contribution in [0.4, 0.5) is 8.78 Å². The highest BCUT2D eigenvalue weighted by Crippen LogP contribution is 2.19. The average molecular weight is 241 g/mol. The minimum Gasteiger partial charge on any atom is -0.393 e. The highest BCUT2D eigenvalue weighted by molar-refractivity contribution is 5.18. The number of aliphatic hydroxyl groups is 1. The van der Waals surface area contributed by atoms with Crippen molar-refractivity contribution in [2.75, 3.05) is 0 Å². The third kappa shape index (κ3) is 3.23. The molecule has 2 rings (SSSR count). The van der Waals surface area contributed by atoms with E-state index in [0.29, 0.717) is 18.2 Å². The van der Waals surface area contributed by atoms with Crippen LogP contribution in [0.3, 0.4) is 0 Å². The van der Waals surface area contributed by atoms with Crippen molar-refractivity contribution in [3.8, 4) is 0 Å². The second kappa shape index (κ2) is 5.56. The lowest BCUT2D eigenvalue weighted by Crippen LogP contribution is -2.34.